The van der Waals surface area contributed by atoms with Gasteiger partial charge in [0.25, 0.3) is 0 Å². The Morgan fingerprint density at radius 1 is 1.21 bits per heavy atom. The summed E-state index contributed by atoms with van der Waals surface area (Å²) in [7, 11) is 0. The number of benzene rings is 1. The van der Waals surface area contributed by atoms with Crippen LogP contribution in [0.2, 0.25) is 0 Å². The summed E-state index contributed by atoms with van der Waals surface area (Å²) >= 11 is 0. The molecule has 1 aromatic carbocycles. The fraction of sp³-hybridized carbons (Fsp3) is 0.250. The highest BCUT2D eigenvalue weighted by atomic mass is 16.4. The first-order chi connectivity index (χ1) is 9.02. The van der Waals surface area contributed by atoms with Gasteiger partial charge in [-0.25, -0.2) is 4.79 Å². The van der Waals surface area contributed by atoms with Crippen LogP contribution in [-0.2, 0) is 6.42 Å². The zero-order valence-corrected chi connectivity index (χ0v) is 11.4. The van der Waals surface area contributed by atoms with Crippen molar-refractivity contribution in [2.24, 2.45) is 0 Å². The molecule has 0 aliphatic rings. The third-order valence-corrected chi connectivity index (χ3v) is 3.21. The summed E-state index contributed by atoms with van der Waals surface area (Å²) < 4.78 is 0. The SMILES string of the molecule is CCc1nc(-c2cc(C)ccc2C)ccc1C(=O)O. The lowest BCUT2D eigenvalue weighted by atomic mass is 10.0. The summed E-state index contributed by atoms with van der Waals surface area (Å²) in [5.74, 6) is -0.920. The summed E-state index contributed by atoms with van der Waals surface area (Å²) in [5.41, 5.74) is 5.13. The Bertz CT molecular complexity index is 633. The molecule has 19 heavy (non-hydrogen) atoms. The van der Waals surface area contributed by atoms with Crippen LogP contribution in [-0.4, -0.2) is 16.1 Å². The maximum atomic E-state index is 11.1. The van der Waals surface area contributed by atoms with E-state index in [0.717, 1.165) is 16.8 Å². The summed E-state index contributed by atoms with van der Waals surface area (Å²) in [6.45, 7) is 5.99. The number of aromatic carboxylic acids is 1. The fourth-order valence-electron chi connectivity index (χ4n) is 2.13. The van der Waals surface area contributed by atoms with Crippen LogP contribution in [0.5, 0.6) is 0 Å². The van der Waals surface area contributed by atoms with Crippen LogP contribution in [0.25, 0.3) is 11.3 Å². The molecule has 0 fully saturated rings. The molecule has 98 valence electrons. The van der Waals surface area contributed by atoms with Crippen LogP contribution >= 0.6 is 0 Å². The fourth-order valence-corrected chi connectivity index (χ4v) is 2.13. The first kappa shape index (κ1) is 13.3. The highest BCUT2D eigenvalue weighted by Gasteiger charge is 2.12. The number of carbonyl (C=O) groups is 1. The van der Waals surface area contributed by atoms with Gasteiger partial charge in [0, 0.05) is 5.56 Å². The lowest BCUT2D eigenvalue weighted by molar-refractivity contribution is 0.0695. The maximum absolute atomic E-state index is 11.1. The first-order valence-corrected chi connectivity index (χ1v) is 6.33. The standard InChI is InChI=1S/C16H17NO2/c1-4-14-12(16(18)19)7-8-15(17-14)13-9-10(2)5-6-11(13)3/h5-9H,4H2,1-3H3,(H,18,19). The van der Waals surface area contributed by atoms with E-state index in [9.17, 15) is 4.79 Å². The van der Waals surface area contributed by atoms with E-state index < -0.39 is 5.97 Å². The quantitative estimate of drug-likeness (QED) is 0.911. The van der Waals surface area contributed by atoms with Crippen LogP contribution in [0.15, 0.2) is 30.3 Å². The normalized spacial score (nSPS) is 10.5. The molecule has 0 saturated heterocycles. The summed E-state index contributed by atoms with van der Waals surface area (Å²) in [6, 6.07) is 9.63. The minimum atomic E-state index is -0.920. The van der Waals surface area contributed by atoms with Crippen molar-refractivity contribution in [1.82, 2.24) is 4.98 Å². The Labute approximate surface area is 112 Å². The highest BCUT2D eigenvalue weighted by molar-refractivity contribution is 5.89. The zero-order chi connectivity index (χ0) is 14.0. The van der Waals surface area contributed by atoms with Gasteiger partial charge in [0.1, 0.15) is 0 Å². The molecular weight excluding hydrogens is 238 g/mol. The average molecular weight is 255 g/mol. The maximum Gasteiger partial charge on any atom is 0.337 e. The number of nitrogens with zero attached hydrogens (tertiary/aromatic N) is 1. The molecule has 0 aliphatic carbocycles. The Hall–Kier alpha value is -2.16. The Morgan fingerprint density at radius 2 is 1.95 bits per heavy atom. The van der Waals surface area contributed by atoms with E-state index in [1.807, 2.05) is 20.8 Å². The topological polar surface area (TPSA) is 50.2 Å². The third-order valence-electron chi connectivity index (χ3n) is 3.21. The Balaban J connectivity index is 2.57. The molecule has 2 rings (SSSR count). The van der Waals surface area contributed by atoms with Crippen LogP contribution in [0.3, 0.4) is 0 Å². The highest BCUT2D eigenvalue weighted by Crippen LogP contribution is 2.24. The van der Waals surface area contributed by atoms with E-state index in [4.69, 9.17) is 5.11 Å². The molecule has 0 aliphatic heterocycles. The smallest absolute Gasteiger partial charge is 0.337 e. The van der Waals surface area contributed by atoms with Gasteiger partial charge in [-0.15, -0.1) is 0 Å². The minimum Gasteiger partial charge on any atom is -0.478 e. The van der Waals surface area contributed by atoms with Crippen molar-refractivity contribution >= 4 is 5.97 Å². The van der Waals surface area contributed by atoms with Crippen molar-refractivity contribution in [2.75, 3.05) is 0 Å². The zero-order valence-electron chi connectivity index (χ0n) is 11.4. The summed E-state index contributed by atoms with van der Waals surface area (Å²) in [5, 5.41) is 9.12. The monoisotopic (exact) mass is 255 g/mol. The van der Waals surface area contributed by atoms with Gasteiger partial charge < -0.3 is 5.11 Å². The van der Waals surface area contributed by atoms with Gasteiger partial charge in [-0.1, -0.05) is 24.6 Å². The molecule has 1 N–H and O–H groups in total. The van der Waals surface area contributed by atoms with Crippen molar-refractivity contribution in [1.29, 1.82) is 0 Å². The van der Waals surface area contributed by atoms with Crippen molar-refractivity contribution in [3.8, 4) is 11.3 Å². The number of pyridine rings is 1. The van der Waals surface area contributed by atoms with Crippen molar-refractivity contribution < 1.29 is 9.90 Å². The molecule has 0 atom stereocenters. The summed E-state index contributed by atoms with van der Waals surface area (Å²) in [4.78, 5) is 15.6. The number of carboxylic acids is 1. The average Bonchev–Trinajstić information content (AvgIpc) is 2.40. The van der Waals surface area contributed by atoms with Crippen molar-refractivity contribution in [3.63, 3.8) is 0 Å². The Kier molecular flexibility index (Phi) is 3.65. The van der Waals surface area contributed by atoms with Gasteiger partial charge in [-0.2, -0.15) is 0 Å². The number of carboxylic acid groups (broad SMARTS) is 1. The molecule has 0 saturated carbocycles. The number of rotatable bonds is 3. The second-order valence-electron chi connectivity index (χ2n) is 4.67. The van der Waals surface area contributed by atoms with Gasteiger partial charge in [0.15, 0.2) is 0 Å². The minimum absolute atomic E-state index is 0.288. The van der Waals surface area contributed by atoms with E-state index in [1.54, 1.807) is 12.1 Å². The van der Waals surface area contributed by atoms with E-state index >= 15 is 0 Å². The molecule has 0 unspecified atom stereocenters. The number of hydrogen-bond donors (Lipinski definition) is 1. The second kappa shape index (κ2) is 5.22. The van der Waals surface area contributed by atoms with Crippen molar-refractivity contribution in [3.05, 3.63) is 52.7 Å². The lowest BCUT2D eigenvalue weighted by Crippen LogP contribution is -2.05. The van der Waals surface area contributed by atoms with Crippen LogP contribution in [0, 0.1) is 13.8 Å². The van der Waals surface area contributed by atoms with Gasteiger partial charge in [-0.05, 0) is 44.0 Å². The molecule has 1 heterocycles. The predicted molar refractivity (Wildman–Crippen MR) is 75.5 cm³/mol. The van der Waals surface area contributed by atoms with E-state index in [0.29, 0.717) is 12.1 Å². The molecule has 0 bridgehead atoms. The lowest BCUT2D eigenvalue weighted by Gasteiger charge is -2.10. The molecule has 0 amide bonds. The largest absolute Gasteiger partial charge is 0.478 e. The van der Waals surface area contributed by atoms with Gasteiger partial charge >= 0.3 is 5.97 Å². The number of aromatic nitrogens is 1. The van der Waals surface area contributed by atoms with Gasteiger partial charge in [0.05, 0.1) is 17.0 Å². The third kappa shape index (κ3) is 2.65. The molecule has 3 nitrogen and oxygen atoms in total. The number of aryl methyl sites for hydroxylation is 3. The predicted octanol–water partition coefficient (Wildman–Crippen LogP) is 3.63. The summed E-state index contributed by atoms with van der Waals surface area (Å²) in [6.07, 6.45) is 0.611. The molecule has 0 radical (unpaired) electrons. The number of hydrogen-bond acceptors (Lipinski definition) is 2. The van der Waals surface area contributed by atoms with Crippen LogP contribution < -0.4 is 0 Å². The molecule has 3 heteroatoms. The van der Waals surface area contributed by atoms with Crippen molar-refractivity contribution in [2.45, 2.75) is 27.2 Å². The van der Waals surface area contributed by atoms with E-state index in [1.165, 1.54) is 5.56 Å². The molecule has 1 aromatic heterocycles. The first-order valence-electron chi connectivity index (χ1n) is 6.33. The van der Waals surface area contributed by atoms with Gasteiger partial charge in [-0.3, -0.25) is 4.98 Å². The second-order valence-corrected chi connectivity index (χ2v) is 4.67. The molecule has 2 aromatic rings. The molecule has 0 spiro atoms. The van der Waals surface area contributed by atoms with Crippen LogP contribution in [0.4, 0.5) is 0 Å². The van der Waals surface area contributed by atoms with Gasteiger partial charge in [0.2, 0.25) is 0 Å². The van der Waals surface area contributed by atoms with E-state index in [-0.39, 0.29) is 5.56 Å². The van der Waals surface area contributed by atoms with Crippen LogP contribution in [0.1, 0.15) is 34.1 Å². The Morgan fingerprint density at radius 3 is 2.58 bits per heavy atom. The molecular formula is C16H17NO2. The van der Waals surface area contributed by atoms with E-state index in [2.05, 4.69) is 23.2 Å².